The van der Waals surface area contributed by atoms with E-state index in [0.29, 0.717) is 18.7 Å². The first kappa shape index (κ1) is 11.9. The summed E-state index contributed by atoms with van der Waals surface area (Å²) in [4.78, 5) is 13.7. The van der Waals surface area contributed by atoms with Gasteiger partial charge in [-0.15, -0.1) is 0 Å². The Bertz CT molecular complexity index is 417. The van der Waals surface area contributed by atoms with Crippen molar-refractivity contribution in [2.75, 3.05) is 31.2 Å². The molecule has 4 heteroatoms. The second-order valence-corrected chi connectivity index (χ2v) is 4.02. The Hall–Kier alpha value is -1.55. The Morgan fingerprint density at radius 2 is 2.35 bits per heavy atom. The number of esters is 1. The number of hydrogen-bond donors (Lipinski definition) is 1. The number of hydrogen-bond acceptors (Lipinski definition) is 4. The lowest BCUT2D eigenvalue weighted by molar-refractivity contribution is 0.0526. The van der Waals surface area contributed by atoms with Crippen molar-refractivity contribution >= 4 is 11.7 Å². The van der Waals surface area contributed by atoms with Crippen LogP contribution in [-0.2, 0) is 11.2 Å². The van der Waals surface area contributed by atoms with Crippen LogP contribution < -0.4 is 4.90 Å². The molecule has 0 amide bonds. The fraction of sp³-hybridized carbons (Fsp3) is 0.462. The smallest absolute Gasteiger partial charge is 0.338 e. The van der Waals surface area contributed by atoms with Gasteiger partial charge in [-0.3, -0.25) is 0 Å². The molecule has 0 atom stereocenters. The van der Waals surface area contributed by atoms with Crippen LogP contribution in [0.25, 0.3) is 0 Å². The van der Waals surface area contributed by atoms with Crippen molar-refractivity contribution in [1.29, 1.82) is 0 Å². The van der Waals surface area contributed by atoms with Crippen LogP contribution in [0.2, 0.25) is 0 Å². The summed E-state index contributed by atoms with van der Waals surface area (Å²) in [6, 6.07) is 5.61. The molecule has 0 radical (unpaired) electrons. The maximum Gasteiger partial charge on any atom is 0.338 e. The minimum Gasteiger partial charge on any atom is -0.462 e. The van der Waals surface area contributed by atoms with E-state index in [1.807, 2.05) is 12.1 Å². The third-order valence-corrected chi connectivity index (χ3v) is 2.95. The van der Waals surface area contributed by atoms with Crippen molar-refractivity contribution in [2.45, 2.75) is 13.3 Å². The zero-order valence-electron chi connectivity index (χ0n) is 9.98. The predicted molar refractivity (Wildman–Crippen MR) is 65.4 cm³/mol. The maximum atomic E-state index is 11.6. The average Bonchev–Trinajstić information content (AvgIpc) is 2.73. The van der Waals surface area contributed by atoms with Crippen molar-refractivity contribution in [2.24, 2.45) is 0 Å². The Labute approximate surface area is 101 Å². The van der Waals surface area contributed by atoms with Gasteiger partial charge in [0.25, 0.3) is 0 Å². The van der Waals surface area contributed by atoms with Crippen LogP contribution in [0.15, 0.2) is 18.2 Å². The van der Waals surface area contributed by atoms with Crippen LogP contribution in [0.4, 0.5) is 5.69 Å². The predicted octanol–water partition coefficient (Wildman–Crippen LogP) is 1.22. The Morgan fingerprint density at radius 1 is 1.53 bits per heavy atom. The molecule has 4 nitrogen and oxygen atoms in total. The number of aliphatic hydroxyl groups excluding tert-OH is 1. The van der Waals surface area contributed by atoms with Gasteiger partial charge in [-0.1, -0.05) is 0 Å². The second kappa shape index (κ2) is 5.19. The van der Waals surface area contributed by atoms with Gasteiger partial charge in [0.15, 0.2) is 0 Å². The first-order valence-electron chi connectivity index (χ1n) is 5.92. The maximum absolute atomic E-state index is 11.6. The largest absolute Gasteiger partial charge is 0.462 e. The molecule has 0 aliphatic carbocycles. The summed E-state index contributed by atoms with van der Waals surface area (Å²) in [5.41, 5.74) is 2.88. The van der Waals surface area contributed by atoms with E-state index in [1.54, 1.807) is 13.0 Å². The quantitative estimate of drug-likeness (QED) is 0.797. The van der Waals surface area contributed by atoms with E-state index < -0.39 is 0 Å². The number of nitrogens with zero attached hydrogens (tertiary/aromatic N) is 1. The van der Waals surface area contributed by atoms with Crippen LogP contribution in [0, 0.1) is 0 Å². The van der Waals surface area contributed by atoms with Crippen molar-refractivity contribution < 1.29 is 14.6 Å². The molecule has 1 aliphatic heterocycles. The van der Waals surface area contributed by atoms with Crippen LogP contribution in [0.5, 0.6) is 0 Å². The van der Waals surface area contributed by atoms with Gasteiger partial charge >= 0.3 is 5.97 Å². The van der Waals surface area contributed by atoms with E-state index in [-0.39, 0.29) is 12.6 Å². The summed E-state index contributed by atoms with van der Waals surface area (Å²) in [7, 11) is 0. The molecule has 0 aromatic heterocycles. The minimum absolute atomic E-state index is 0.152. The number of carbonyl (C=O) groups is 1. The summed E-state index contributed by atoms with van der Waals surface area (Å²) in [6.45, 7) is 3.90. The standard InChI is InChI=1S/C13H17NO3/c1-2-17-13(16)11-3-4-12-10(9-11)5-6-14(12)7-8-15/h3-4,9,15H,2,5-8H2,1H3. The number of benzene rings is 1. The molecule has 0 spiro atoms. The monoisotopic (exact) mass is 235 g/mol. The fourth-order valence-electron chi connectivity index (χ4n) is 2.16. The summed E-state index contributed by atoms with van der Waals surface area (Å²) in [5.74, 6) is -0.268. The van der Waals surface area contributed by atoms with Crippen molar-refractivity contribution in [3.8, 4) is 0 Å². The van der Waals surface area contributed by atoms with E-state index in [1.165, 1.54) is 0 Å². The first-order valence-corrected chi connectivity index (χ1v) is 5.92. The van der Waals surface area contributed by atoms with Crippen LogP contribution >= 0.6 is 0 Å². The highest BCUT2D eigenvalue weighted by atomic mass is 16.5. The second-order valence-electron chi connectivity index (χ2n) is 4.02. The molecule has 1 aliphatic rings. The zero-order chi connectivity index (χ0) is 12.3. The Morgan fingerprint density at radius 3 is 3.06 bits per heavy atom. The molecule has 2 rings (SSSR count). The van der Waals surface area contributed by atoms with Gasteiger partial charge in [0.2, 0.25) is 0 Å². The SMILES string of the molecule is CCOC(=O)c1ccc2c(c1)CCN2CCO. The molecule has 92 valence electrons. The fourth-order valence-corrected chi connectivity index (χ4v) is 2.16. The average molecular weight is 235 g/mol. The van der Waals surface area contributed by atoms with Crippen molar-refractivity contribution in [3.05, 3.63) is 29.3 Å². The highest BCUT2D eigenvalue weighted by molar-refractivity contribution is 5.90. The van der Waals surface area contributed by atoms with E-state index in [0.717, 1.165) is 24.2 Å². The minimum atomic E-state index is -0.268. The molecule has 1 aromatic carbocycles. The Balaban J connectivity index is 2.19. The number of rotatable bonds is 4. The number of β-amino-alcohol motifs (C(OH)–C–C–N with tert-alkyl or cyclic N) is 1. The van der Waals surface area contributed by atoms with Crippen molar-refractivity contribution in [1.82, 2.24) is 0 Å². The molecule has 0 bridgehead atoms. The van der Waals surface area contributed by atoms with Gasteiger partial charge in [-0.2, -0.15) is 0 Å². The van der Waals surface area contributed by atoms with Gasteiger partial charge in [0.05, 0.1) is 18.8 Å². The van der Waals surface area contributed by atoms with Crippen molar-refractivity contribution in [3.63, 3.8) is 0 Å². The summed E-state index contributed by atoms with van der Waals surface area (Å²) < 4.78 is 4.97. The van der Waals surface area contributed by atoms with E-state index >= 15 is 0 Å². The van der Waals surface area contributed by atoms with Crippen LogP contribution in [0.1, 0.15) is 22.8 Å². The number of anilines is 1. The molecule has 1 heterocycles. The summed E-state index contributed by atoms with van der Waals surface area (Å²) in [5, 5.41) is 8.95. The Kier molecular flexibility index (Phi) is 3.64. The van der Waals surface area contributed by atoms with Gasteiger partial charge in [-0.05, 0) is 37.1 Å². The number of fused-ring (bicyclic) bond motifs is 1. The number of carbonyl (C=O) groups excluding carboxylic acids is 1. The normalized spacial score (nSPS) is 13.6. The summed E-state index contributed by atoms with van der Waals surface area (Å²) in [6.07, 6.45) is 0.919. The van der Waals surface area contributed by atoms with Crippen LogP contribution in [0.3, 0.4) is 0 Å². The highest BCUT2D eigenvalue weighted by Crippen LogP contribution is 2.28. The molecule has 17 heavy (non-hydrogen) atoms. The zero-order valence-corrected chi connectivity index (χ0v) is 9.98. The molecular formula is C13H17NO3. The van der Waals surface area contributed by atoms with Crippen LogP contribution in [-0.4, -0.2) is 37.4 Å². The molecule has 1 N–H and O–H groups in total. The lowest BCUT2D eigenvalue weighted by atomic mass is 10.1. The summed E-state index contributed by atoms with van der Waals surface area (Å²) >= 11 is 0. The number of ether oxygens (including phenoxy) is 1. The molecule has 0 fully saturated rings. The topological polar surface area (TPSA) is 49.8 Å². The van der Waals surface area contributed by atoms with Gasteiger partial charge in [-0.25, -0.2) is 4.79 Å². The molecule has 0 saturated heterocycles. The third-order valence-electron chi connectivity index (χ3n) is 2.95. The highest BCUT2D eigenvalue weighted by Gasteiger charge is 2.20. The molecule has 1 aromatic rings. The van der Waals surface area contributed by atoms with Gasteiger partial charge in [0, 0.05) is 18.8 Å². The lowest BCUT2D eigenvalue weighted by Crippen LogP contribution is -2.23. The molecular weight excluding hydrogens is 218 g/mol. The molecule has 0 unspecified atom stereocenters. The first-order chi connectivity index (χ1) is 8.26. The third kappa shape index (κ3) is 2.42. The van der Waals surface area contributed by atoms with Gasteiger partial charge < -0.3 is 14.7 Å². The van der Waals surface area contributed by atoms with Gasteiger partial charge in [0.1, 0.15) is 0 Å². The lowest BCUT2D eigenvalue weighted by Gasteiger charge is -2.17. The number of aliphatic hydroxyl groups is 1. The van der Waals surface area contributed by atoms with E-state index in [4.69, 9.17) is 9.84 Å². The molecule has 0 saturated carbocycles. The van der Waals surface area contributed by atoms with E-state index in [9.17, 15) is 4.79 Å². The van der Waals surface area contributed by atoms with E-state index in [2.05, 4.69) is 4.90 Å².